The van der Waals surface area contributed by atoms with Crippen LogP contribution in [0.5, 0.6) is 0 Å². The summed E-state index contributed by atoms with van der Waals surface area (Å²) in [6.07, 6.45) is 1.07. The van der Waals surface area contributed by atoms with Crippen molar-refractivity contribution in [2.45, 2.75) is 26.3 Å². The average Bonchev–Trinajstić information content (AvgIpc) is 2.03. The Bertz CT molecular complexity index is 334. The van der Waals surface area contributed by atoms with Crippen LogP contribution in [0.3, 0.4) is 0 Å². The second kappa shape index (κ2) is 2.32. The molecule has 1 aliphatic rings. The smallest absolute Gasteiger partial charge is 0.261 e. The number of carbonyl (C=O) groups excluding carboxylic acids is 1. The molecule has 5 heteroatoms. The molecule has 1 heterocycles. The lowest BCUT2D eigenvalue weighted by Crippen LogP contribution is -2.45. The van der Waals surface area contributed by atoms with Crippen molar-refractivity contribution in [3.8, 4) is 0 Å². The van der Waals surface area contributed by atoms with E-state index in [2.05, 4.69) is 0 Å². The van der Waals surface area contributed by atoms with Crippen LogP contribution in [0.2, 0.25) is 0 Å². The Morgan fingerprint density at radius 1 is 1.33 bits per heavy atom. The molecule has 0 bridgehead atoms. The Balaban J connectivity index is 3.17. The fourth-order valence-electron chi connectivity index (χ4n) is 1.11. The Hall–Kier alpha value is -0.840. The van der Waals surface area contributed by atoms with Gasteiger partial charge in [-0.25, -0.2) is 12.7 Å². The molecular weight excluding hydrogens is 178 g/mol. The van der Waals surface area contributed by atoms with Crippen molar-refractivity contribution >= 4 is 15.9 Å². The molecule has 0 fully saturated rings. The van der Waals surface area contributed by atoms with E-state index in [0.29, 0.717) is 0 Å². The molecule has 68 valence electrons. The van der Waals surface area contributed by atoms with Crippen molar-refractivity contribution in [1.82, 2.24) is 4.31 Å². The van der Waals surface area contributed by atoms with Crippen molar-refractivity contribution in [1.29, 1.82) is 0 Å². The molecule has 0 aliphatic carbocycles. The highest BCUT2D eigenvalue weighted by molar-refractivity contribution is 7.93. The van der Waals surface area contributed by atoms with E-state index in [4.69, 9.17) is 0 Å². The predicted octanol–water partition coefficient (Wildman–Crippen LogP) is 0.471. The molecule has 0 atom stereocenters. The van der Waals surface area contributed by atoms with E-state index in [-0.39, 0.29) is 0 Å². The van der Waals surface area contributed by atoms with Crippen molar-refractivity contribution in [2.24, 2.45) is 0 Å². The highest BCUT2D eigenvalue weighted by atomic mass is 32.2. The molecule has 0 radical (unpaired) electrons. The molecule has 0 saturated heterocycles. The van der Waals surface area contributed by atoms with Gasteiger partial charge in [0.25, 0.3) is 15.9 Å². The van der Waals surface area contributed by atoms with E-state index >= 15 is 0 Å². The zero-order valence-corrected chi connectivity index (χ0v) is 8.05. The minimum Gasteiger partial charge on any atom is -0.269 e. The Labute approximate surface area is 71.9 Å². The van der Waals surface area contributed by atoms with E-state index < -0.39 is 21.5 Å². The summed E-state index contributed by atoms with van der Waals surface area (Å²) in [7, 11) is -3.49. The van der Waals surface area contributed by atoms with Crippen molar-refractivity contribution in [3.05, 3.63) is 11.5 Å². The molecule has 0 N–H and O–H groups in total. The lowest BCUT2D eigenvalue weighted by Gasteiger charge is -2.29. The fourth-order valence-corrected chi connectivity index (χ4v) is 2.60. The van der Waals surface area contributed by atoms with E-state index in [1.54, 1.807) is 20.8 Å². The summed E-state index contributed by atoms with van der Waals surface area (Å²) in [5.41, 5.74) is -0.681. The topological polar surface area (TPSA) is 54.5 Å². The second-order valence-electron chi connectivity index (χ2n) is 3.62. The van der Waals surface area contributed by atoms with Gasteiger partial charge in [0.05, 0.1) is 10.9 Å². The van der Waals surface area contributed by atoms with Gasteiger partial charge in [-0.1, -0.05) is 0 Å². The monoisotopic (exact) mass is 189 g/mol. The number of hydrogen-bond donors (Lipinski definition) is 0. The molecule has 4 nitrogen and oxygen atoms in total. The quantitative estimate of drug-likeness (QED) is 0.556. The van der Waals surface area contributed by atoms with Crippen LogP contribution in [0.1, 0.15) is 20.8 Å². The van der Waals surface area contributed by atoms with Crippen LogP contribution in [-0.2, 0) is 14.8 Å². The molecule has 0 aromatic carbocycles. The van der Waals surface area contributed by atoms with Crippen LogP contribution in [0.4, 0.5) is 0 Å². The van der Waals surface area contributed by atoms with Gasteiger partial charge >= 0.3 is 0 Å². The number of carbonyl (C=O) groups is 1. The fraction of sp³-hybridized carbons (Fsp3) is 0.571. The van der Waals surface area contributed by atoms with Gasteiger partial charge in [-0.2, -0.15) is 0 Å². The third-order valence-electron chi connectivity index (χ3n) is 1.45. The maximum Gasteiger partial charge on any atom is 0.261 e. The van der Waals surface area contributed by atoms with E-state index in [9.17, 15) is 13.2 Å². The minimum absolute atomic E-state index is 0.470. The first-order chi connectivity index (χ1) is 5.25. The van der Waals surface area contributed by atoms with Gasteiger partial charge in [-0.3, -0.25) is 4.79 Å². The van der Waals surface area contributed by atoms with Crippen LogP contribution in [-0.4, -0.2) is 24.2 Å². The average molecular weight is 189 g/mol. The number of sulfonamides is 1. The van der Waals surface area contributed by atoms with Gasteiger partial charge in [-0.15, -0.1) is 0 Å². The summed E-state index contributed by atoms with van der Waals surface area (Å²) in [6, 6.07) is 0. The van der Waals surface area contributed by atoms with Gasteiger partial charge in [-0.05, 0) is 20.8 Å². The molecule has 0 aromatic heterocycles. The van der Waals surface area contributed by atoms with Crippen LogP contribution < -0.4 is 0 Å². The molecule has 0 unspecified atom stereocenters. The maximum absolute atomic E-state index is 11.2. The first-order valence-electron chi connectivity index (χ1n) is 3.52. The van der Waals surface area contributed by atoms with Crippen LogP contribution in [0.15, 0.2) is 11.5 Å². The molecule has 0 spiro atoms. The molecule has 0 saturated carbocycles. The third-order valence-corrected chi connectivity index (χ3v) is 3.16. The Morgan fingerprint density at radius 3 is 2.00 bits per heavy atom. The predicted molar refractivity (Wildman–Crippen MR) is 44.7 cm³/mol. The van der Waals surface area contributed by atoms with Gasteiger partial charge in [0.15, 0.2) is 0 Å². The lowest BCUT2D eigenvalue weighted by atomic mass is 10.1. The van der Waals surface area contributed by atoms with Crippen LogP contribution in [0.25, 0.3) is 0 Å². The van der Waals surface area contributed by atoms with Gasteiger partial charge in [0, 0.05) is 6.08 Å². The second-order valence-corrected chi connectivity index (χ2v) is 5.29. The summed E-state index contributed by atoms with van der Waals surface area (Å²) in [5.74, 6) is -0.470. The number of nitrogens with zero attached hydrogens (tertiary/aromatic N) is 1. The first kappa shape index (κ1) is 9.25. The summed E-state index contributed by atoms with van der Waals surface area (Å²) in [5, 5.41) is 0.931. The number of rotatable bonds is 0. The molecular formula is C7H11NO3S. The zero-order valence-electron chi connectivity index (χ0n) is 7.23. The Morgan fingerprint density at radius 2 is 1.83 bits per heavy atom. The minimum atomic E-state index is -3.49. The molecule has 1 aliphatic heterocycles. The Kier molecular flexibility index (Phi) is 1.79. The van der Waals surface area contributed by atoms with Gasteiger partial charge in [0.1, 0.15) is 0 Å². The highest BCUT2D eigenvalue weighted by Crippen LogP contribution is 2.23. The van der Waals surface area contributed by atoms with Crippen molar-refractivity contribution in [2.75, 3.05) is 0 Å². The maximum atomic E-state index is 11.2. The standard InChI is InChI=1S/C7H11NO3S/c1-7(2,3)8-6(9)4-5-12(8,10)11/h4-5H,1-3H3. The van der Waals surface area contributed by atoms with Gasteiger partial charge < -0.3 is 0 Å². The van der Waals surface area contributed by atoms with Crippen molar-refractivity contribution < 1.29 is 13.2 Å². The van der Waals surface area contributed by atoms with Crippen molar-refractivity contribution in [3.63, 3.8) is 0 Å². The van der Waals surface area contributed by atoms with Gasteiger partial charge in [0.2, 0.25) is 0 Å². The SMILES string of the molecule is CC(C)(C)N1C(=O)C=CS1(=O)=O. The molecule has 0 aromatic rings. The summed E-state index contributed by atoms with van der Waals surface area (Å²) in [6.45, 7) is 5.03. The number of hydrogen-bond acceptors (Lipinski definition) is 3. The summed E-state index contributed by atoms with van der Waals surface area (Å²) in [4.78, 5) is 11.1. The van der Waals surface area contributed by atoms with E-state index in [1.165, 1.54) is 0 Å². The van der Waals surface area contributed by atoms with Crippen LogP contribution in [0, 0.1) is 0 Å². The highest BCUT2D eigenvalue weighted by Gasteiger charge is 2.38. The largest absolute Gasteiger partial charge is 0.269 e. The third kappa shape index (κ3) is 1.36. The molecule has 1 rings (SSSR count). The van der Waals surface area contributed by atoms with E-state index in [1.807, 2.05) is 0 Å². The first-order valence-corrected chi connectivity index (χ1v) is 5.03. The van der Waals surface area contributed by atoms with E-state index in [0.717, 1.165) is 15.8 Å². The lowest BCUT2D eigenvalue weighted by molar-refractivity contribution is -0.123. The molecule has 12 heavy (non-hydrogen) atoms. The summed E-state index contributed by atoms with van der Waals surface area (Å²) < 4.78 is 23.3. The zero-order chi connectivity index (χ0) is 9.57. The number of amides is 1. The summed E-state index contributed by atoms with van der Waals surface area (Å²) >= 11 is 0. The van der Waals surface area contributed by atoms with Crippen LogP contribution >= 0.6 is 0 Å². The molecule has 1 amide bonds. The normalized spacial score (nSPS) is 21.9.